The van der Waals surface area contributed by atoms with Crippen LogP contribution < -0.4 is 5.43 Å². The summed E-state index contributed by atoms with van der Waals surface area (Å²) in [4.78, 5) is 29.7. The average molecular weight is 510 g/mol. The van der Waals surface area contributed by atoms with Crippen LogP contribution in [0.1, 0.15) is 33.3 Å². The molecule has 0 saturated carbocycles. The molecule has 4 aromatic rings. The van der Waals surface area contributed by atoms with Gasteiger partial charge in [-0.05, 0) is 59.8 Å². The van der Waals surface area contributed by atoms with Gasteiger partial charge in [0.05, 0.1) is 17.0 Å². The number of carbonyl (C=O) groups is 1. The van der Waals surface area contributed by atoms with Crippen molar-refractivity contribution in [3.8, 4) is 0 Å². The summed E-state index contributed by atoms with van der Waals surface area (Å²) in [5, 5.41) is 0.417. The molecule has 5 rings (SSSR count). The van der Waals surface area contributed by atoms with Crippen LogP contribution in [0.4, 0.5) is 4.39 Å². The Kier molecular flexibility index (Phi) is 5.39. The van der Waals surface area contributed by atoms with Gasteiger partial charge in [0.25, 0.3) is 5.91 Å². The SMILES string of the molecule is CSc1ccc(C2c3c(oc4ccc(Br)cc4c3=O)C(=O)N2Cc2ccc(F)cc2)cc1. The quantitative estimate of drug-likeness (QED) is 0.309. The highest BCUT2D eigenvalue weighted by Crippen LogP contribution is 2.39. The molecule has 1 atom stereocenters. The minimum atomic E-state index is -0.599. The van der Waals surface area contributed by atoms with E-state index in [1.54, 1.807) is 47.0 Å². The molecular formula is C25H17BrFNO3S. The molecule has 4 nitrogen and oxygen atoms in total. The van der Waals surface area contributed by atoms with Crippen molar-refractivity contribution >= 4 is 44.6 Å². The summed E-state index contributed by atoms with van der Waals surface area (Å²) >= 11 is 5.02. The van der Waals surface area contributed by atoms with Crippen LogP contribution in [0.3, 0.4) is 0 Å². The van der Waals surface area contributed by atoms with Crippen molar-refractivity contribution in [2.24, 2.45) is 0 Å². The average Bonchev–Trinajstić information content (AvgIpc) is 3.08. The molecule has 0 saturated heterocycles. The van der Waals surface area contributed by atoms with Crippen LogP contribution in [0.2, 0.25) is 0 Å². The molecule has 2 heterocycles. The molecule has 1 unspecified atom stereocenters. The van der Waals surface area contributed by atoms with E-state index in [0.717, 1.165) is 20.5 Å². The van der Waals surface area contributed by atoms with Crippen LogP contribution in [-0.4, -0.2) is 17.1 Å². The highest BCUT2D eigenvalue weighted by molar-refractivity contribution is 9.10. The lowest BCUT2D eigenvalue weighted by Crippen LogP contribution is -2.29. The number of halogens is 2. The molecule has 0 N–H and O–H groups in total. The second-order valence-electron chi connectivity index (χ2n) is 7.55. The summed E-state index contributed by atoms with van der Waals surface area (Å²) in [5.74, 6) is -0.640. The fraction of sp³-hybridized carbons (Fsp3) is 0.120. The van der Waals surface area contributed by atoms with Crippen molar-refractivity contribution in [1.82, 2.24) is 4.90 Å². The molecule has 1 aromatic heterocycles. The molecule has 0 bridgehead atoms. The molecule has 0 aliphatic carbocycles. The van der Waals surface area contributed by atoms with Crippen molar-refractivity contribution in [3.05, 3.63) is 110 Å². The molecule has 1 aliphatic rings. The van der Waals surface area contributed by atoms with Crippen LogP contribution >= 0.6 is 27.7 Å². The Morgan fingerprint density at radius 2 is 1.75 bits per heavy atom. The second kappa shape index (κ2) is 8.22. The summed E-state index contributed by atoms with van der Waals surface area (Å²) in [7, 11) is 0. The van der Waals surface area contributed by atoms with Gasteiger partial charge in [0, 0.05) is 15.9 Å². The van der Waals surface area contributed by atoms with Crippen molar-refractivity contribution in [2.75, 3.05) is 6.26 Å². The van der Waals surface area contributed by atoms with Crippen LogP contribution in [0.15, 0.2) is 85.3 Å². The molecule has 160 valence electrons. The highest BCUT2D eigenvalue weighted by Gasteiger charge is 2.42. The van der Waals surface area contributed by atoms with Gasteiger partial charge in [0.1, 0.15) is 11.4 Å². The molecule has 0 fully saturated rings. The lowest BCUT2D eigenvalue weighted by atomic mass is 9.98. The monoisotopic (exact) mass is 509 g/mol. The van der Waals surface area contributed by atoms with E-state index in [4.69, 9.17) is 4.42 Å². The number of thioether (sulfide) groups is 1. The summed E-state index contributed by atoms with van der Waals surface area (Å²) in [5.41, 5.74) is 2.05. The van der Waals surface area contributed by atoms with Crippen LogP contribution in [-0.2, 0) is 6.54 Å². The fourth-order valence-electron chi connectivity index (χ4n) is 4.07. The molecule has 3 aromatic carbocycles. The van der Waals surface area contributed by atoms with Gasteiger partial charge in [-0.3, -0.25) is 9.59 Å². The number of hydrogen-bond donors (Lipinski definition) is 0. The van der Waals surface area contributed by atoms with Crippen LogP contribution in [0.5, 0.6) is 0 Å². The maximum Gasteiger partial charge on any atom is 0.291 e. The molecule has 1 aliphatic heterocycles. The zero-order valence-corrected chi connectivity index (χ0v) is 19.4. The molecule has 7 heteroatoms. The standard InChI is InChI=1S/C25H17BrFNO3S/c1-32-18-9-4-15(5-10-18)22-21-23(29)19-12-16(26)6-11-20(19)31-24(21)25(30)28(22)13-14-2-7-17(27)8-3-14/h2-12,22H,13H2,1H3. The maximum atomic E-state index is 13.6. The van der Waals surface area contributed by atoms with Crippen LogP contribution in [0, 0.1) is 5.82 Å². The highest BCUT2D eigenvalue weighted by atomic mass is 79.9. The van der Waals surface area contributed by atoms with E-state index in [1.807, 2.05) is 30.5 Å². The van der Waals surface area contributed by atoms with Crippen molar-refractivity contribution in [3.63, 3.8) is 0 Å². The van der Waals surface area contributed by atoms with Gasteiger partial charge < -0.3 is 9.32 Å². The van der Waals surface area contributed by atoms with Gasteiger partial charge in [0.2, 0.25) is 5.76 Å². The second-order valence-corrected chi connectivity index (χ2v) is 9.35. The zero-order chi connectivity index (χ0) is 22.4. The third kappa shape index (κ3) is 3.55. The van der Waals surface area contributed by atoms with E-state index < -0.39 is 6.04 Å². The normalized spacial score (nSPS) is 15.4. The number of benzene rings is 3. The van der Waals surface area contributed by atoms with Crippen molar-refractivity contribution in [1.29, 1.82) is 0 Å². The third-order valence-corrected chi connectivity index (χ3v) is 6.86. The summed E-state index contributed by atoms with van der Waals surface area (Å²) in [6.07, 6.45) is 1.99. The summed E-state index contributed by atoms with van der Waals surface area (Å²) in [6.45, 7) is 0.220. The Morgan fingerprint density at radius 1 is 1.03 bits per heavy atom. The summed E-state index contributed by atoms with van der Waals surface area (Å²) < 4.78 is 20.1. The first-order valence-electron chi connectivity index (χ1n) is 9.92. The number of amides is 1. The Hall–Kier alpha value is -2.90. The number of nitrogens with zero attached hydrogens (tertiary/aromatic N) is 1. The van der Waals surface area contributed by atoms with Gasteiger partial charge >= 0.3 is 0 Å². The molecule has 0 radical (unpaired) electrons. The van der Waals surface area contributed by atoms with Gasteiger partial charge in [-0.25, -0.2) is 4.39 Å². The largest absolute Gasteiger partial charge is 0.450 e. The van der Waals surface area contributed by atoms with Crippen LogP contribution in [0.25, 0.3) is 11.0 Å². The molecule has 1 amide bonds. The first-order chi connectivity index (χ1) is 15.5. The number of rotatable bonds is 4. The van der Waals surface area contributed by atoms with Gasteiger partial charge in [-0.1, -0.05) is 40.2 Å². The predicted octanol–water partition coefficient (Wildman–Crippen LogP) is 6.16. The third-order valence-electron chi connectivity index (χ3n) is 5.63. The summed E-state index contributed by atoms with van der Waals surface area (Å²) in [6, 6.07) is 18.4. The first kappa shape index (κ1) is 21.0. The molecule has 32 heavy (non-hydrogen) atoms. The predicted molar refractivity (Wildman–Crippen MR) is 127 cm³/mol. The van der Waals surface area contributed by atoms with Crippen molar-refractivity contribution in [2.45, 2.75) is 17.5 Å². The number of hydrogen-bond acceptors (Lipinski definition) is 4. The van der Waals surface area contributed by atoms with E-state index in [1.165, 1.54) is 12.1 Å². The Labute approximate surface area is 196 Å². The van der Waals surface area contributed by atoms with E-state index in [2.05, 4.69) is 15.9 Å². The Morgan fingerprint density at radius 3 is 2.44 bits per heavy atom. The zero-order valence-electron chi connectivity index (χ0n) is 17.0. The molecule has 0 spiro atoms. The van der Waals surface area contributed by atoms with Crippen molar-refractivity contribution < 1.29 is 13.6 Å². The topological polar surface area (TPSA) is 50.5 Å². The van der Waals surface area contributed by atoms with E-state index >= 15 is 0 Å². The van der Waals surface area contributed by atoms with Gasteiger partial charge in [0.15, 0.2) is 5.43 Å². The smallest absolute Gasteiger partial charge is 0.291 e. The molecular weight excluding hydrogens is 493 g/mol. The lowest BCUT2D eigenvalue weighted by molar-refractivity contribution is 0.0714. The maximum absolute atomic E-state index is 13.6. The van der Waals surface area contributed by atoms with E-state index in [-0.39, 0.29) is 29.5 Å². The Bertz CT molecular complexity index is 1400. The number of carbonyl (C=O) groups excluding carboxylic acids is 1. The minimum absolute atomic E-state index is 0.0610. The lowest BCUT2D eigenvalue weighted by Gasteiger charge is -2.25. The Balaban J connectivity index is 1.70. The van der Waals surface area contributed by atoms with E-state index in [9.17, 15) is 14.0 Å². The van der Waals surface area contributed by atoms with E-state index in [0.29, 0.717) is 16.5 Å². The van der Waals surface area contributed by atoms with Gasteiger partial charge in [-0.2, -0.15) is 0 Å². The van der Waals surface area contributed by atoms with Gasteiger partial charge in [-0.15, -0.1) is 11.8 Å². The fourth-order valence-corrected chi connectivity index (χ4v) is 4.84. The first-order valence-corrected chi connectivity index (χ1v) is 11.9. The number of fused-ring (bicyclic) bond motifs is 2. The minimum Gasteiger partial charge on any atom is -0.450 e.